The molecule has 1 N–H and O–H groups in total. The van der Waals surface area contributed by atoms with Crippen molar-refractivity contribution in [2.45, 2.75) is 53.9 Å². The van der Waals surface area contributed by atoms with Crippen LogP contribution in [0.2, 0.25) is 0 Å². The Hall–Kier alpha value is -0.0800. The van der Waals surface area contributed by atoms with Crippen LogP contribution in [0.25, 0.3) is 0 Å². The van der Waals surface area contributed by atoms with E-state index < -0.39 is 0 Å². The second kappa shape index (κ2) is 9.00. The van der Waals surface area contributed by atoms with E-state index >= 15 is 0 Å². The highest BCUT2D eigenvalue weighted by Gasteiger charge is 2.11. The molecule has 0 aromatic heterocycles. The van der Waals surface area contributed by atoms with Gasteiger partial charge < -0.3 is 10.2 Å². The fourth-order valence-corrected chi connectivity index (χ4v) is 1.93. The van der Waals surface area contributed by atoms with Crippen LogP contribution >= 0.6 is 0 Å². The smallest absolute Gasteiger partial charge is 0.0107 e. The molecule has 1 rings (SSSR count). The third-order valence-corrected chi connectivity index (χ3v) is 2.86. The first kappa shape index (κ1) is 15.9. The largest absolute Gasteiger partial charge is 0.314 e. The van der Waals surface area contributed by atoms with Crippen LogP contribution in [0.5, 0.6) is 0 Å². The van der Waals surface area contributed by atoms with Crippen LogP contribution in [0.1, 0.15) is 53.9 Å². The van der Waals surface area contributed by atoms with Gasteiger partial charge in [-0.25, -0.2) is 0 Å². The minimum atomic E-state index is 0.517. The van der Waals surface area contributed by atoms with E-state index in [1.54, 1.807) is 0 Å². The first-order valence-corrected chi connectivity index (χ1v) is 7.01. The molecule has 0 aromatic rings. The van der Waals surface area contributed by atoms with Crippen LogP contribution in [0.3, 0.4) is 0 Å². The van der Waals surface area contributed by atoms with E-state index in [-0.39, 0.29) is 0 Å². The Morgan fingerprint density at radius 1 is 1.00 bits per heavy atom. The maximum Gasteiger partial charge on any atom is 0.0107 e. The van der Waals surface area contributed by atoms with Crippen molar-refractivity contribution in [1.82, 2.24) is 10.2 Å². The molecule has 16 heavy (non-hydrogen) atoms. The topological polar surface area (TPSA) is 15.3 Å². The van der Waals surface area contributed by atoms with Gasteiger partial charge in [-0.3, -0.25) is 0 Å². The zero-order chi connectivity index (χ0) is 12.4. The van der Waals surface area contributed by atoms with Crippen molar-refractivity contribution in [2.75, 3.05) is 32.7 Å². The van der Waals surface area contributed by atoms with Crippen LogP contribution in [0.15, 0.2) is 0 Å². The number of rotatable bonds is 4. The Morgan fingerprint density at radius 3 is 2.06 bits per heavy atom. The molecular weight excluding hydrogens is 196 g/mol. The first-order chi connectivity index (χ1) is 7.58. The van der Waals surface area contributed by atoms with E-state index in [0.29, 0.717) is 5.41 Å². The van der Waals surface area contributed by atoms with Crippen LogP contribution in [0.4, 0.5) is 0 Å². The summed E-state index contributed by atoms with van der Waals surface area (Å²) in [5, 5.41) is 3.39. The lowest BCUT2D eigenvalue weighted by atomic mass is 9.90. The molecule has 0 spiro atoms. The van der Waals surface area contributed by atoms with Gasteiger partial charge in [0.25, 0.3) is 0 Å². The zero-order valence-corrected chi connectivity index (χ0v) is 12.1. The van der Waals surface area contributed by atoms with Gasteiger partial charge in [-0.2, -0.15) is 0 Å². The van der Waals surface area contributed by atoms with Crippen LogP contribution in [-0.4, -0.2) is 37.6 Å². The summed E-state index contributed by atoms with van der Waals surface area (Å²) >= 11 is 0. The van der Waals surface area contributed by atoms with Crippen molar-refractivity contribution >= 4 is 0 Å². The van der Waals surface area contributed by atoms with E-state index in [0.717, 1.165) is 0 Å². The summed E-state index contributed by atoms with van der Waals surface area (Å²) in [6.07, 6.45) is 4.11. The molecule has 1 saturated heterocycles. The Bertz CT molecular complexity index is 143. The normalized spacial score (nSPS) is 17.8. The molecule has 2 nitrogen and oxygen atoms in total. The Kier molecular flexibility index (Phi) is 8.96. The predicted octanol–water partition coefficient (Wildman–Crippen LogP) is 3.13. The van der Waals surface area contributed by atoms with Gasteiger partial charge in [0.2, 0.25) is 0 Å². The van der Waals surface area contributed by atoms with Crippen molar-refractivity contribution in [3.05, 3.63) is 0 Å². The lowest BCUT2D eigenvalue weighted by Gasteiger charge is -2.27. The molecule has 1 aliphatic heterocycles. The van der Waals surface area contributed by atoms with Gasteiger partial charge in [0.15, 0.2) is 0 Å². The molecule has 0 atom stereocenters. The van der Waals surface area contributed by atoms with Crippen LogP contribution in [-0.2, 0) is 0 Å². The Labute approximate surface area is 103 Å². The molecule has 0 bridgehead atoms. The fraction of sp³-hybridized carbons (Fsp3) is 1.00. The molecule has 0 radical (unpaired) electrons. The van der Waals surface area contributed by atoms with Crippen molar-refractivity contribution in [3.8, 4) is 0 Å². The molecule has 1 fully saturated rings. The maximum absolute atomic E-state index is 3.39. The number of hydrogen-bond donors (Lipinski definition) is 1. The second-order valence-corrected chi connectivity index (χ2v) is 5.61. The number of unbranched alkanes of at least 4 members (excludes halogenated alkanes) is 1. The molecule has 0 aliphatic carbocycles. The van der Waals surface area contributed by atoms with Gasteiger partial charge in [-0.15, -0.1) is 0 Å². The summed E-state index contributed by atoms with van der Waals surface area (Å²) in [5.41, 5.74) is 0.517. The van der Waals surface area contributed by atoms with Crippen LogP contribution in [0, 0.1) is 5.41 Å². The van der Waals surface area contributed by atoms with E-state index in [1.807, 2.05) is 13.8 Å². The minimum absolute atomic E-state index is 0.517. The van der Waals surface area contributed by atoms with E-state index in [2.05, 4.69) is 31.0 Å². The van der Waals surface area contributed by atoms with Crippen molar-refractivity contribution < 1.29 is 0 Å². The minimum Gasteiger partial charge on any atom is -0.314 e. The molecule has 1 heterocycles. The lowest BCUT2D eigenvalue weighted by molar-refractivity contribution is 0.230. The summed E-state index contributed by atoms with van der Waals surface area (Å²) < 4.78 is 0. The number of nitrogens with one attached hydrogen (secondary N) is 1. The molecule has 2 heteroatoms. The number of hydrogen-bond acceptors (Lipinski definition) is 2. The molecule has 0 unspecified atom stereocenters. The highest BCUT2D eigenvalue weighted by atomic mass is 15.2. The average molecular weight is 228 g/mol. The molecular formula is C14H32N2. The molecule has 0 amide bonds. The van der Waals surface area contributed by atoms with E-state index in [4.69, 9.17) is 0 Å². The monoisotopic (exact) mass is 228 g/mol. The highest BCUT2D eigenvalue weighted by Crippen LogP contribution is 2.21. The second-order valence-electron chi connectivity index (χ2n) is 5.61. The van der Waals surface area contributed by atoms with Gasteiger partial charge in [0.05, 0.1) is 0 Å². The van der Waals surface area contributed by atoms with Gasteiger partial charge in [-0.05, 0) is 24.8 Å². The van der Waals surface area contributed by atoms with Gasteiger partial charge >= 0.3 is 0 Å². The quantitative estimate of drug-likeness (QED) is 0.744. The first-order valence-electron chi connectivity index (χ1n) is 7.01. The maximum atomic E-state index is 3.39. The Balaban J connectivity index is 0.00000106. The molecule has 0 saturated carbocycles. The Morgan fingerprint density at radius 2 is 1.56 bits per heavy atom. The number of nitrogens with zero attached hydrogens (tertiary/aromatic N) is 1. The number of piperazine rings is 1. The highest BCUT2D eigenvalue weighted by molar-refractivity contribution is 4.68. The van der Waals surface area contributed by atoms with Gasteiger partial charge in [0, 0.05) is 26.2 Å². The molecule has 1 aliphatic rings. The third-order valence-electron chi connectivity index (χ3n) is 2.86. The van der Waals surface area contributed by atoms with Gasteiger partial charge in [0.1, 0.15) is 0 Å². The molecule has 98 valence electrons. The summed E-state index contributed by atoms with van der Waals surface area (Å²) in [5.74, 6) is 0. The summed E-state index contributed by atoms with van der Waals surface area (Å²) in [6.45, 7) is 17.1. The van der Waals surface area contributed by atoms with Gasteiger partial charge in [-0.1, -0.05) is 41.0 Å². The fourth-order valence-electron chi connectivity index (χ4n) is 1.93. The average Bonchev–Trinajstić information content (AvgIpc) is 2.28. The van der Waals surface area contributed by atoms with Crippen molar-refractivity contribution in [2.24, 2.45) is 5.41 Å². The van der Waals surface area contributed by atoms with Crippen LogP contribution < -0.4 is 5.32 Å². The van der Waals surface area contributed by atoms with E-state index in [1.165, 1.54) is 52.0 Å². The summed E-state index contributed by atoms with van der Waals surface area (Å²) in [6, 6.07) is 0. The third kappa shape index (κ3) is 9.17. The molecule has 0 aromatic carbocycles. The standard InChI is InChI=1S/C12H26N2.C2H6/c1-12(2,3)6-4-5-9-14-10-7-13-8-11-14;1-2/h13H,4-11H2,1-3H3;1-2H3. The van der Waals surface area contributed by atoms with E-state index in [9.17, 15) is 0 Å². The summed E-state index contributed by atoms with van der Waals surface area (Å²) in [4.78, 5) is 2.58. The zero-order valence-electron chi connectivity index (χ0n) is 12.1. The van der Waals surface area contributed by atoms with Crippen molar-refractivity contribution in [1.29, 1.82) is 0 Å². The predicted molar refractivity (Wildman–Crippen MR) is 74.0 cm³/mol. The SMILES string of the molecule is CC.CC(C)(C)CCCCN1CCNCC1. The lowest BCUT2D eigenvalue weighted by Crippen LogP contribution is -2.43. The van der Waals surface area contributed by atoms with Crippen molar-refractivity contribution in [3.63, 3.8) is 0 Å². The summed E-state index contributed by atoms with van der Waals surface area (Å²) in [7, 11) is 0.